The smallest absolute Gasteiger partial charge is 0.305 e. The van der Waals surface area contributed by atoms with Crippen molar-refractivity contribution < 1.29 is 24.5 Å². The van der Waals surface area contributed by atoms with Gasteiger partial charge in [0, 0.05) is 12.8 Å². The number of nitrogens with one attached hydrogen (secondary N) is 1. The van der Waals surface area contributed by atoms with Crippen LogP contribution in [-0.2, 0) is 14.3 Å². The quantitative estimate of drug-likeness (QED) is 0.0417. The highest BCUT2D eigenvalue weighted by molar-refractivity contribution is 5.76. The van der Waals surface area contributed by atoms with Crippen LogP contribution in [0.5, 0.6) is 0 Å². The van der Waals surface area contributed by atoms with Gasteiger partial charge < -0.3 is 20.3 Å². The van der Waals surface area contributed by atoms with E-state index in [2.05, 4.69) is 19.2 Å². The van der Waals surface area contributed by atoms with E-state index >= 15 is 0 Å². The van der Waals surface area contributed by atoms with E-state index in [1.165, 1.54) is 276 Å². The molecule has 0 saturated carbocycles. The molecule has 0 saturated heterocycles. The van der Waals surface area contributed by atoms with Gasteiger partial charge in [0.2, 0.25) is 5.91 Å². The first-order valence-corrected chi connectivity index (χ1v) is 31.3. The third-order valence-corrected chi connectivity index (χ3v) is 14.9. The highest BCUT2D eigenvalue weighted by Gasteiger charge is 2.20. The van der Waals surface area contributed by atoms with E-state index in [0.717, 1.165) is 51.4 Å². The van der Waals surface area contributed by atoms with Gasteiger partial charge in [0.25, 0.3) is 0 Å². The summed E-state index contributed by atoms with van der Waals surface area (Å²) < 4.78 is 5.50. The molecule has 6 heteroatoms. The van der Waals surface area contributed by atoms with Crippen molar-refractivity contribution >= 4 is 11.9 Å². The fourth-order valence-corrected chi connectivity index (χ4v) is 10.1. The van der Waals surface area contributed by atoms with Crippen molar-refractivity contribution in [1.29, 1.82) is 0 Å². The summed E-state index contributed by atoms with van der Waals surface area (Å²) in [6.45, 7) is 4.97. The van der Waals surface area contributed by atoms with Crippen molar-refractivity contribution in [3.63, 3.8) is 0 Å². The zero-order valence-corrected chi connectivity index (χ0v) is 46.4. The van der Waals surface area contributed by atoms with Gasteiger partial charge >= 0.3 is 5.97 Å². The molecule has 0 aromatic carbocycles. The van der Waals surface area contributed by atoms with Crippen molar-refractivity contribution in [3.05, 3.63) is 0 Å². The number of carbonyl (C=O) groups is 2. The molecule has 0 aliphatic carbocycles. The van der Waals surface area contributed by atoms with Crippen LogP contribution in [0.4, 0.5) is 0 Å². The Morgan fingerprint density at radius 1 is 0.353 bits per heavy atom. The number of aliphatic hydroxyl groups excluding tert-OH is 2. The first-order chi connectivity index (χ1) is 33.5. The van der Waals surface area contributed by atoms with Gasteiger partial charge in [0.15, 0.2) is 0 Å². The Hall–Kier alpha value is -1.14. The zero-order valence-electron chi connectivity index (χ0n) is 46.4. The molecular formula is C62H123NO5. The number of hydrogen-bond acceptors (Lipinski definition) is 5. The highest BCUT2D eigenvalue weighted by Crippen LogP contribution is 2.19. The summed E-state index contributed by atoms with van der Waals surface area (Å²) in [5.41, 5.74) is 0. The fraction of sp³-hybridized carbons (Fsp3) is 0.968. The minimum atomic E-state index is -0.670. The molecule has 3 N–H and O–H groups in total. The lowest BCUT2D eigenvalue weighted by molar-refractivity contribution is -0.143. The molecule has 0 spiro atoms. The molecular weight excluding hydrogens is 839 g/mol. The Balaban J connectivity index is 3.40. The second-order valence-corrected chi connectivity index (χ2v) is 21.8. The zero-order chi connectivity index (χ0) is 49.3. The first-order valence-electron chi connectivity index (χ1n) is 31.3. The van der Waals surface area contributed by atoms with Crippen molar-refractivity contribution in [3.8, 4) is 0 Å². The summed E-state index contributed by atoms with van der Waals surface area (Å²) in [6, 6.07) is -0.548. The Kier molecular flexibility index (Phi) is 57.5. The van der Waals surface area contributed by atoms with Gasteiger partial charge in [-0.3, -0.25) is 9.59 Å². The molecule has 406 valence electrons. The normalized spacial score (nSPS) is 12.5. The second-order valence-electron chi connectivity index (χ2n) is 21.8. The first kappa shape index (κ1) is 66.9. The van der Waals surface area contributed by atoms with E-state index in [-0.39, 0.29) is 18.5 Å². The van der Waals surface area contributed by atoms with Crippen LogP contribution in [0.25, 0.3) is 0 Å². The van der Waals surface area contributed by atoms with E-state index in [1.54, 1.807) is 0 Å². The van der Waals surface area contributed by atoms with Gasteiger partial charge in [-0.1, -0.05) is 322 Å². The van der Waals surface area contributed by atoms with Crippen molar-refractivity contribution in [1.82, 2.24) is 5.32 Å². The number of unbranched alkanes of at least 4 members (excludes halogenated alkanes) is 48. The van der Waals surface area contributed by atoms with Crippen LogP contribution >= 0.6 is 0 Å². The molecule has 0 radical (unpaired) electrons. The van der Waals surface area contributed by atoms with Crippen LogP contribution in [0.1, 0.15) is 361 Å². The number of amides is 1. The van der Waals surface area contributed by atoms with Crippen molar-refractivity contribution in [2.75, 3.05) is 13.2 Å². The van der Waals surface area contributed by atoms with Crippen molar-refractivity contribution in [2.24, 2.45) is 0 Å². The van der Waals surface area contributed by atoms with Gasteiger partial charge in [0.05, 0.1) is 25.4 Å². The maximum absolute atomic E-state index is 12.5. The SMILES string of the molecule is CCCCCCCCCCCCCCCCCCCCCC(=O)OCCCCCCCCCCCCCCCCC(=O)NC(CO)C(O)CCCCCCCCCCCCCCCCCCCC. The van der Waals surface area contributed by atoms with Gasteiger partial charge in [-0.05, 0) is 25.7 Å². The average Bonchev–Trinajstić information content (AvgIpc) is 3.34. The summed E-state index contributed by atoms with van der Waals surface area (Å²) >= 11 is 0. The fourth-order valence-electron chi connectivity index (χ4n) is 10.1. The lowest BCUT2D eigenvalue weighted by Gasteiger charge is -2.22. The molecule has 0 bridgehead atoms. The van der Waals surface area contributed by atoms with Crippen LogP contribution in [0.15, 0.2) is 0 Å². The Labute approximate surface area is 426 Å². The predicted octanol–water partition coefficient (Wildman–Crippen LogP) is 19.5. The number of hydrogen-bond donors (Lipinski definition) is 3. The molecule has 68 heavy (non-hydrogen) atoms. The molecule has 0 aromatic heterocycles. The van der Waals surface area contributed by atoms with E-state index in [1.807, 2.05) is 0 Å². The summed E-state index contributed by atoms with van der Waals surface area (Å²) in [5.74, 6) is -0.0370. The average molecular weight is 963 g/mol. The summed E-state index contributed by atoms with van der Waals surface area (Å²) in [4.78, 5) is 24.6. The topological polar surface area (TPSA) is 95.9 Å². The number of aliphatic hydroxyl groups is 2. The lowest BCUT2D eigenvalue weighted by atomic mass is 10.0. The van der Waals surface area contributed by atoms with Gasteiger partial charge in [-0.25, -0.2) is 0 Å². The van der Waals surface area contributed by atoms with Crippen LogP contribution in [0, 0.1) is 0 Å². The second kappa shape index (κ2) is 58.4. The third kappa shape index (κ3) is 54.2. The molecule has 0 aliphatic heterocycles. The lowest BCUT2D eigenvalue weighted by Crippen LogP contribution is -2.45. The molecule has 1 amide bonds. The molecule has 0 aromatic rings. The summed E-state index contributed by atoms with van der Waals surface area (Å²) in [6.07, 6.45) is 68.2. The largest absolute Gasteiger partial charge is 0.466 e. The Morgan fingerprint density at radius 3 is 0.897 bits per heavy atom. The number of ether oxygens (including phenoxy) is 1. The van der Waals surface area contributed by atoms with E-state index in [9.17, 15) is 19.8 Å². The predicted molar refractivity (Wildman–Crippen MR) is 297 cm³/mol. The molecule has 0 heterocycles. The van der Waals surface area contributed by atoms with E-state index in [0.29, 0.717) is 25.9 Å². The molecule has 2 atom stereocenters. The minimum Gasteiger partial charge on any atom is -0.466 e. The molecule has 0 aliphatic rings. The summed E-state index contributed by atoms with van der Waals surface area (Å²) in [7, 11) is 0. The summed E-state index contributed by atoms with van der Waals surface area (Å²) in [5, 5.41) is 23.3. The van der Waals surface area contributed by atoms with Crippen molar-refractivity contribution in [2.45, 2.75) is 373 Å². The number of carbonyl (C=O) groups excluding carboxylic acids is 2. The molecule has 0 fully saturated rings. The Morgan fingerprint density at radius 2 is 0.603 bits per heavy atom. The highest BCUT2D eigenvalue weighted by atomic mass is 16.5. The van der Waals surface area contributed by atoms with Crippen LogP contribution in [0.3, 0.4) is 0 Å². The monoisotopic (exact) mass is 962 g/mol. The van der Waals surface area contributed by atoms with Gasteiger partial charge in [-0.15, -0.1) is 0 Å². The van der Waals surface area contributed by atoms with Gasteiger partial charge in [-0.2, -0.15) is 0 Å². The van der Waals surface area contributed by atoms with Crippen LogP contribution < -0.4 is 5.32 Å². The van der Waals surface area contributed by atoms with Crippen LogP contribution in [0.2, 0.25) is 0 Å². The molecule has 6 nitrogen and oxygen atoms in total. The Bertz CT molecular complexity index is 975. The molecule has 2 unspecified atom stereocenters. The van der Waals surface area contributed by atoms with Gasteiger partial charge in [0.1, 0.15) is 0 Å². The number of esters is 1. The third-order valence-electron chi connectivity index (χ3n) is 14.9. The van der Waals surface area contributed by atoms with E-state index in [4.69, 9.17) is 4.74 Å². The van der Waals surface area contributed by atoms with E-state index < -0.39 is 12.1 Å². The van der Waals surface area contributed by atoms with Crippen LogP contribution in [-0.4, -0.2) is 47.4 Å². The maximum Gasteiger partial charge on any atom is 0.305 e. The number of rotatable bonds is 59. The standard InChI is InChI=1S/C62H123NO5/c1-3-5-7-9-11-13-15-17-19-21-23-25-27-32-36-40-44-48-52-56-62(67)68-57-53-49-45-41-37-33-29-28-31-35-39-43-47-51-55-61(66)63-59(58-64)60(65)54-50-46-42-38-34-30-26-24-22-20-18-16-14-12-10-8-6-4-2/h59-60,64-65H,3-58H2,1-2H3,(H,63,66). The molecule has 0 rings (SSSR count). The maximum atomic E-state index is 12.5. The minimum absolute atomic E-state index is 0.00406.